The molecule has 0 saturated heterocycles. The number of nitrogens with zero attached hydrogens (tertiary/aromatic N) is 1. The van der Waals surface area contributed by atoms with Crippen molar-refractivity contribution >= 4 is 11.9 Å². The van der Waals surface area contributed by atoms with E-state index in [1.54, 1.807) is 0 Å². The fourth-order valence-electron chi connectivity index (χ4n) is 2.80. The number of ether oxygens (including phenoxy) is 1. The van der Waals surface area contributed by atoms with Gasteiger partial charge in [-0.2, -0.15) is 0 Å². The number of carbonyl (C=O) groups excluding carboxylic acids is 2. The van der Waals surface area contributed by atoms with Crippen LogP contribution in [0.15, 0.2) is 0 Å². The average Bonchev–Trinajstić information content (AvgIpc) is 2.60. The lowest BCUT2D eigenvalue weighted by molar-refractivity contribution is -0.141. The molecule has 0 aliphatic heterocycles. The maximum absolute atomic E-state index is 11.7. The molecule has 1 amide bonds. The number of likely N-dealkylation sites (N-methyl/N-ethyl adjacent to an activating group) is 1. The van der Waals surface area contributed by atoms with E-state index in [1.807, 2.05) is 11.9 Å². The van der Waals surface area contributed by atoms with E-state index >= 15 is 0 Å². The molecule has 0 aromatic rings. The number of unbranched alkanes of at least 4 members (excludes halogenated alkanes) is 9. The summed E-state index contributed by atoms with van der Waals surface area (Å²) in [7, 11) is 3.27. The van der Waals surface area contributed by atoms with Crippen molar-refractivity contribution in [3.63, 3.8) is 0 Å². The Kier molecular flexibility index (Phi) is 16.9. The summed E-state index contributed by atoms with van der Waals surface area (Å²) in [6.07, 6.45) is 14.3. The van der Waals surface area contributed by atoms with Gasteiger partial charge in [-0.1, -0.05) is 64.7 Å². The Bertz CT molecular complexity index is 335. The van der Waals surface area contributed by atoms with E-state index in [2.05, 4.69) is 17.0 Å². The molecular weight excluding hydrogens is 316 g/mol. The van der Waals surface area contributed by atoms with Gasteiger partial charge in [0.1, 0.15) is 0 Å². The monoisotopic (exact) mass is 356 g/mol. The maximum Gasteiger partial charge on any atom is 0.319 e. The Balaban J connectivity index is 3.32. The zero-order valence-electron chi connectivity index (χ0n) is 16.8. The van der Waals surface area contributed by atoms with Gasteiger partial charge in [0.2, 0.25) is 5.91 Å². The number of amides is 1. The van der Waals surface area contributed by atoms with Crippen LogP contribution in [0.4, 0.5) is 0 Å². The number of methoxy groups -OCH3 is 1. The molecule has 25 heavy (non-hydrogen) atoms. The lowest BCUT2D eigenvalue weighted by Gasteiger charge is -2.14. The normalized spacial score (nSPS) is 10.9. The molecule has 0 rings (SSSR count). The van der Waals surface area contributed by atoms with Crippen LogP contribution in [0.2, 0.25) is 0 Å². The highest BCUT2D eigenvalue weighted by molar-refractivity contribution is 5.75. The minimum absolute atomic E-state index is 0.148. The smallest absolute Gasteiger partial charge is 0.319 e. The fourth-order valence-corrected chi connectivity index (χ4v) is 2.80. The van der Waals surface area contributed by atoms with Crippen molar-refractivity contribution in [1.29, 1.82) is 0 Å². The first-order valence-corrected chi connectivity index (χ1v) is 10.1. The Labute approximate surface area is 154 Å². The average molecular weight is 357 g/mol. The van der Waals surface area contributed by atoms with Gasteiger partial charge in [0.05, 0.1) is 13.7 Å². The van der Waals surface area contributed by atoms with Crippen LogP contribution in [0.3, 0.4) is 0 Å². The number of carbonyl (C=O) groups is 2. The van der Waals surface area contributed by atoms with Crippen molar-refractivity contribution in [3.05, 3.63) is 0 Å². The van der Waals surface area contributed by atoms with Crippen molar-refractivity contribution in [3.8, 4) is 0 Å². The summed E-state index contributed by atoms with van der Waals surface area (Å²) < 4.78 is 4.62. The largest absolute Gasteiger partial charge is 0.468 e. The summed E-state index contributed by atoms with van der Waals surface area (Å²) in [5.41, 5.74) is 0. The lowest BCUT2D eigenvalue weighted by atomic mass is 10.1. The third-order valence-corrected chi connectivity index (χ3v) is 4.42. The maximum atomic E-state index is 11.7. The molecule has 0 aliphatic carbocycles. The second-order valence-electron chi connectivity index (χ2n) is 6.95. The van der Waals surface area contributed by atoms with Crippen LogP contribution in [0.25, 0.3) is 0 Å². The topological polar surface area (TPSA) is 58.6 Å². The molecule has 1 N–H and O–H groups in total. The van der Waals surface area contributed by atoms with Crippen LogP contribution in [0.1, 0.15) is 84.0 Å². The van der Waals surface area contributed by atoms with E-state index in [0.29, 0.717) is 19.5 Å². The Hall–Kier alpha value is -1.10. The number of hydrogen-bond acceptors (Lipinski definition) is 4. The molecule has 0 atom stereocenters. The highest BCUT2D eigenvalue weighted by Gasteiger charge is 2.06. The quantitative estimate of drug-likeness (QED) is 0.317. The Morgan fingerprint density at radius 1 is 0.880 bits per heavy atom. The summed E-state index contributed by atoms with van der Waals surface area (Å²) in [4.78, 5) is 24.8. The van der Waals surface area contributed by atoms with Crippen LogP contribution < -0.4 is 5.32 Å². The number of nitrogens with one attached hydrogen (secondary N) is 1. The molecule has 0 aromatic carbocycles. The summed E-state index contributed by atoms with van der Waals surface area (Å²) in [6.45, 7) is 3.98. The first-order chi connectivity index (χ1) is 12.1. The minimum Gasteiger partial charge on any atom is -0.468 e. The highest BCUT2D eigenvalue weighted by Crippen LogP contribution is 2.11. The standard InChI is InChI=1S/C20H40N2O3/c1-4-5-6-7-8-9-10-11-12-13-15-19(23)21-16-14-17-22(2)18-20(24)25-3/h4-18H2,1-3H3,(H,21,23). The molecule has 0 heterocycles. The van der Waals surface area contributed by atoms with E-state index in [0.717, 1.165) is 25.8 Å². The lowest BCUT2D eigenvalue weighted by Crippen LogP contribution is -2.31. The molecule has 0 radical (unpaired) electrons. The third kappa shape index (κ3) is 17.5. The molecule has 0 fully saturated rings. The van der Waals surface area contributed by atoms with E-state index < -0.39 is 0 Å². The second-order valence-corrected chi connectivity index (χ2v) is 6.95. The summed E-state index contributed by atoms with van der Waals surface area (Å²) in [6, 6.07) is 0. The van der Waals surface area contributed by atoms with Crippen LogP contribution >= 0.6 is 0 Å². The number of esters is 1. The van der Waals surface area contributed by atoms with Crippen molar-refractivity contribution in [2.24, 2.45) is 0 Å². The van der Waals surface area contributed by atoms with Crippen molar-refractivity contribution < 1.29 is 14.3 Å². The molecule has 148 valence electrons. The summed E-state index contributed by atoms with van der Waals surface area (Å²) in [5, 5.41) is 2.95. The molecule has 0 saturated carbocycles. The molecule has 0 aliphatic rings. The predicted octanol–water partition coefficient (Wildman–Crippen LogP) is 3.91. The van der Waals surface area contributed by atoms with E-state index in [4.69, 9.17) is 0 Å². The van der Waals surface area contributed by atoms with Crippen LogP contribution in [-0.4, -0.2) is 50.6 Å². The van der Waals surface area contributed by atoms with Gasteiger partial charge in [0.25, 0.3) is 0 Å². The molecule has 5 heteroatoms. The van der Waals surface area contributed by atoms with Gasteiger partial charge in [-0.3, -0.25) is 14.5 Å². The van der Waals surface area contributed by atoms with Crippen molar-refractivity contribution in [2.75, 3.05) is 33.8 Å². The number of rotatable bonds is 17. The molecular formula is C20H40N2O3. The minimum atomic E-state index is -0.229. The third-order valence-electron chi connectivity index (χ3n) is 4.42. The highest BCUT2D eigenvalue weighted by atomic mass is 16.5. The zero-order chi connectivity index (χ0) is 18.8. The van der Waals surface area contributed by atoms with Crippen molar-refractivity contribution in [2.45, 2.75) is 84.0 Å². The molecule has 0 bridgehead atoms. The summed E-state index contributed by atoms with van der Waals surface area (Å²) in [5.74, 6) is -0.0809. The summed E-state index contributed by atoms with van der Waals surface area (Å²) >= 11 is 0. The van der Waals surface area contributed by atoms with Gasteiger partial charge in [0.15, 0.2) is 0 Å². The molecule has 0 spiro atoms. The fraction of sp³-hybridized carbons (Fsp3) is 0.900. The van der Waals surface area contributed by atoms with Crippen LogP contribution in [0, 0.1) is 0 Å². The van der Waals surface area contributed by atoms with Gasteiger partial charge in [-0.15, -0.1) is 0 Å². The van der Waals surface area contributed by atoms with Gasteiger partial charge in [0, 0.05) is 19.5 Å². The van der Waals surface area contributed by atoms with Gasteiger partial charge in [-0.25, -0.2) is 0 Å². The molecule has 0 aromatic heterocycles. The number of hydrogen-bond donors (Lipinski definition) is 1. The zero-order valence-corrected chi connectivity index (χ0v) is 16.8. The Morgan fingerprint density at radius 2 is 1.44 bits per heavy atom. The first kappa shape index (κ1) is 23.9. The Morgan fingerprint density at radius 3 is 2.00 bits per heavy atom. The van der Waals surface area contributed by atoms with Gasteiger partial charge in [-0.05, 0) is 19.9 Å². The first-order valence-electron chi connectivity index (χ1n) is 10.1. The predicted molar refractivity (Wildman–Crippen MR) is 104 cm³/mol. The molecule has 0 unspecified atom stereocenters. The SMILES string of the molecule is CCCCCCCCCCCCC(=O)NCCCN(C)CC(=O)OC. The van der Waals surface area contributed by atoms with E-state index in [9.17, 15) is 9.59 Å². The van der Waals surface area contributed by atoms with Gasteiger partial charge < -0.3 is 10.1 Å². The van der Waals surface area contributed by atoms with Crippen LogP contribution in [0.5, 0.6) is 0 Å². The van der Waals surface area contributed by atoms with Crippen molar-refractivity contribution in [1.82, 2.24) is 10.2 Å². The van der Waals surface area contributed by atoms with E-state index in [1.165, 1.54) is 58.5 Å². The molecule has 5 nitrogen and oxygen atoms in total. The van der Waals surface area contributed by atoms with E-state index in [-0.39, 0.29) is 11.9 Å². The van der Waals surface area contributed by atoms with Crippen LogP contribution in [-0.2, 0) is 14.3 Å². The van der Waals surface area contributed by atoms with Gasteiger partial charge >= 0.3 is 5.97 Å². The second kappa shape index (κ2) is 17.7.